The van der Waals surface area contributed by atoms with Crippen LogP contribution >= 0.6 is 22.9 Å². The van der Waals surface area contributed by atoms with Gasteiger partial charge in [-0.3, -0.25) is 14.7 Å². The molecule has 0 unspecified atom stereocenters. The summed E-state index contributed by atoms with van der Waals surface area (Å²) in [5.41, 5.74) is 3.11. The Bertz CT molecular complexity index is 1370. The summed E-state index contributed by atoms with van der Waals surface area (Å²) < 4.78 is 26.2. The molecule has 0 N–H and O–H groups in total. The molecule has 4 rings (SSSR count). The lowest BCUT2D eigenvalue weighted by atomic mass is 10.2. The first-order valence-corrected chi connectivity index (χ1v) is 13.3. The zero-order valence-corrected chi connectivity index (χ0v) is 20.3. The number of carbonyl (C=O) groups is 1. The van der Waals surface area contributed by atoms with E-state index in [2.05, 4.69) is 9.97 Å². The highest BCUT2D eigenvalue weighted by molar-refractivity contribution is 7.90. The van der Waals surface area contributed by atoms with Crippen molar-refractivity contribution in [3.8, 4) is 0 Å². The van der Waals surface area contributed by atoms with Crippen LogP contribution in [-0.2, 0) is 26.9 Å². The van der Waals surface area contributed by atoms with E-state index in [1.54, 1.807) is 42.7 Å². The smallest absolute Gasteiger partial charge is 0.230 e. The number of pyridine rings is 1. The van der Waals surface area contributed by atoms with Gasteiger partial charge in [-0.25, -0.2) is 13.4 Å². The maximum Gasteiger partial charge on any atom is 0.230 e. The molecule has 2 aromatic carbocycles. The van der Waals surface area contributed by atoms with Crippen molar-refractivity contribution in [2.45, 2.75) is 25.6 Å². The molecule has 2 aromatic heterocycles. The third kappa shape index (κ3) is 5.76. The van der Waals surface area contributed by atoms with Crippen LogP contribution in [0, 0.1) is 6.92 Å². The number of sulfone groups is 1. The molecule has 4 aromatic rings. The maximum atomic E-state index is 13.3. The molecule has 0 fully saturated rings. The third-order valence-corrected chi connectivity index (χ3v) is 8.24. The monoisotopic (exact) mass is 499 g/mol. The maximum absolute atomic E-state index is 13.3. The summed E-state index contributed by atoms with van der Waals surface area (Å²) in [7, 11) is -3.45. The second kappa shape index (κ2) is 9.99. The van der Waals surface area contributed by atoms with E-state index in [4.69, 9.17) is 11.6 Å². The number of fused-ring (bicyclic) bond motifs is 1. The molecule has 0 radical (unpaired) electrons. The molecule has 2 heterocycles. The number of hydrogen-bond donors (Lipinski definition) is 0. The molecule has 6 nitrogen and oxygen atoms in total. The Morgan fingerprint density at radius 1 is 1.06 bits per heavy atom. The predicted octanol–water partition coefficient (Wildman–Crippen LogP) is 5.19. The van der Waals surface area contributed by atoms with E-state index < -0.39 is 9.84 Å². The molecule has 0 bridgehead atoms. The standard InChI is InChI=1S/C24H22ClN3O3S2/c1-17-20(25)9-10-21-23(17)27-24(32-21)28(15-19-8-5-12-26-14-19)22(29)11-13-33(30,31)16-18-6-3-2-4-7-18/h2-10,12,14H,11,13,15-16H2,1H3. The number of halogens is 1. The Hall–Kier alpha value is -2.81. The summed E-state index contributed by atoms with van der Waals surface area (Å²) in [5, 5.41) is 1.11. The molecule has 0 saturated heterocycles. The van der Waals surface area contributed by atoms with Crippen LogP contribution in [-0.4, -0.2) is 30.0 Å². The van der Waals surface area contributed by atoms with Crippen molar-refractivity contribution in [3.05, 3.63) is 88.7 Å². The topological polar surface area (TPSA) is 80.2 Å². The first-order valence-electron chi connectivity index (χ1n) is 10.3. The number of aryl methyl sites for hydroxylation is 1. The number of aromatic nitrogens is 2. The molecule has 33 heavy (non-hydrogen) atoms. The number of thiazole rings is 1. The zero-order chi connectivity index (χ0) is 23.4. The van der Waals surface area contributed by atoms with Gasteiger partial charge < -0.3 is 0 Å². The van der Waals surface area contributed by atoms with Crippen molar-refractivity contribution in [1.82, 2.24) is 9.97 Å². The van der Waals surface area contributed by atoms with E-state index in [1.165, 1.54) is 16.2 Å². The van der Waals surface area contributed by atoms with Gasteiger partial charge in [0.15, 0.2) is 15.0 Å². The van der Waals surface area contributed by atoms with E-state index >= 15 is 0 Å². The van der Waals surface area contributed by atoms with Crippen LogP contribution in [0.2, 0.25) is 5.02 Å². The Kier molecular flexibility index (Phi) is 7.07. The van der Waals surface area contributed by atoms with Gasteiger partial charge in [0.2, 0.25) is 5.91 Å². The molecule has 0 saturated carbocycles. The highest BCUT2D eigenvalue weighted by Gasteiger charge is 2.23. The van der Waals surface area contributed by atoms with Crippen LogP contribution in [0.15, 0.2) is 67.0 Å². The van der Waals surface area contributed by atoms with Crippen LogP contribution in [0.3, 0.4) is 0 Å². The number of amides is 1. The molecule has 0 aliphatic carbocycles. The summed E-state index contributed by atoms with van der Waals surface area (Å²) in [6.45, 7) is 2.13. The Morgan fingerprint density at radius 2 is 1.82 bits per heavy atom. The lowest BCUT2D eigenvalue weighted by molar-refractivity contribution is -0.118. The lowest BCUT2D eigenvalue weighted by Crippen LogP contribution is -2.32. The molecule has 0 aliphatic heterocycles. The van der Waals surface area contributed by atoms with E-state index in [1.807, 2.05) is 31.2 Å². The van der Waals surface area contributed by atoms with Gasteiger partial charge in [-0.05, 0) is 41.8 Å². The molecule has 0 atom stereocenters. The molecular weight excluding hydrogens is 478 g/mol. The quantitative estimate of drug-likeness (QED) is 0.333. The number of hydrogen-bond acceptors (Lipinski definition) is 6. The average molecular weight is 500 g/mol. The van der Waals surface area contributed by atoms with Gasteiger partial charge in [0.1, 0.15) is 0 Å². The van der Waals surface area contributed by atoms with Crippen molar-refractivity contribution in [2.75, 3.05) is 10.7 Å². The van der Waals surface area contributed by atoms with Crippen molar-refractivity contribution >= 4 is 54.0 Å². The summed E-state index contributed by atoms with van der Waals surface area (Å²) in [6.07, 6.45) is 3.21. The average Bonchev–Trinajstić information content (AvgIpc) is 3.24. The minimum Gasteiger partial charge on any atom is -0.284 e. The fourth-order valence-electron chi connectivity index (χ4n) is 3.42. The normalized spacial score (nSPS) is 11.6. The van der Waals surface area contributed by atoms with Crippen LogP contribution in [0.1, 0.15) is 23.1 Å². The number of benzene rings is 2. The van der Waals surface area contributed by atoms with E-state index in [0.717, 1.165) is 21.3 Å². The Balaban J connectivity index is 1.58. The number of carbonyl (C=O) groups excluding carboxylic acids is 1. The Labute approximate surface area is 201 Å². The minimum atomic E-state index is -3.45. The molecule has 170 valence electrons. The summed E-state index contributed by atoms with van der Waals surface area (Å²) >= 11 is 7.62. The van der Waals surface area contributed by atoms with E-state index in [9.17, 15) is 13.2 Å². The van der Waals surface area contributed by atoms with Crippen molar-refractivity contribution < 1.29 is 13.2 Å². The largest absolute Gasteiger partial charge is 0.284 e. The fraction of sp³-hybridized carbons (Fsp3) is 0.208. The van der Waals surface area contributed by atoms with Crippen LogP contribution in [0.4, 0.5) is 5.13 Å². The minimum absolute atomic E-state index is 0.0947. The van der Waals surface area contributed by atoms with Crippen molar-refractivity contribution in [2.24, 2.45) is 0 Å². The highest BCUT2D eigenvalue weighted by atomic mass is 35.5. The van der Waals surface area contributed by atoms with Gasteiger partial charge in [-0.2, -0.15) is 0 Å². The van der Waals surface area contributed by atoms with E-state index in [0.29, 0.717) is 15.7 Å². The van der Waals surface area contributed by atoms with Gasteiger partial charge in [0.25, 0.3) is 0 Å². The first-order chi connectivity index (χ1) is 15.8. The fourth-order valence-corrected chi connectivity index (χ4v) is 5.94. The summed E-state index contributed by atoms with van der Waals surface area (Å²) in [4.78, 5) is 23.6. The predicted molar refractivity (Wildman–Crippen MR) is 133 cm³/mol. The van der Waals surface area contributed by atoms with Crippen LogP contribution in [0.25, 0.3) is 10.2 Å². The molecule has 1 amide bonds. The summed E-state index contributed by atoms with van der Waals surface area (Å²) in [5.74, 6) is -0.638. The summed E-state index contributed by atoms with van der Waals surface area (Å²) in [6, 6.07) is 16.3. The zero-order valence-electron chi connectivity index (χ0n) is 17.9. The van der Waals surface area contributed by atoms with Gasteiger partial charge in [0.05, 0.1) is 28.3 Å². The molecule has 0 spiro atoms. The second-order valence-electron chi connectivity index (χ2n) is 7.68. The van der Waals surface area contributed by atoms with Crippen molar-refractivity contribution in [1.29, 1.82) is 0 Å². The molecule has 0 aliphatic rings. The van der Waals surface area contributed by atoms with Crippen LogP contribution < -0.4 is 4.90 Å². The van der Waals surface area contributed by atoms with Gasteiger partial charge in [-0.15, -0.1) is 0 Å². The van der Waals surface area contributed by atoms with Crippen LogP contribution in [0.5, 0.6) is 0 Å². The van der Waals surface area contributed by atoms with Gasteiger partial charge in [-0.1, -0.05) is 59.3 Å². The van der Waals surface area contributed by atoms with E-state index in [-0.39, 0.29) is 30.4 Å². The lowest BCUT2D eigenvalue weighted by Gasteiger charge is -2.20. The number of anilines is 1. The number of rotatable bonds is 8. The SMILES string of the molecule is Cc1c(Cl)ccc2sc(N(Cc3cccnc3)C(=O)CCS(=O)(=O)Cc3ccccc3)nc12. The second-order valence-corrected chi connectivity index (χ2v) is 11.3. The molecular formula is C24H22ClN3O3S2. The molecule has 9 heteroatoms. The van der Waals surface area contributed by atoms with Gasteiger partial charge in [0, 0.05) is 23.8 Å². The van der Waals surface area contributed by atoms with Gasteiger partial charge >= 0.3 is 0 Å². The van der Waals surface area contributed by atoms with Crippen molar-refractivity contribution in [3.63, 3.8) is 0 Å². The highest BCUT2D eigenvalue weighted by Crippen LogP contribution is 2.34. The first kappa shape index (κ1) is 23.4. The number of nitrogens with zero attached hydrogens (tertiary/aromatic N) is 3. The Morgan fingerprint density at radius 3 is 2.55 bits per heavy atom. The third-order valence-electron chi connectivity index (χ3n) is 5.19.